The molecule has 0 saturated carbocycles. The van der Waals surface area contributed by atoms with Gasteiger partial charge in [0.15, 0.2) is 5.69 Å². The van der Waals surface area contributed by atoms with Crippen LogP contribution in [0.1, 0.15) is 40.7 Å². The summed E-state index contributed by atoms with van der Waals surface area (Å²) in [6, 6.07) is 2.96. The van der Waals surface area contributed by atoms with E-state index in [-0.39, 0.29) is 17.1 Å². The van der Waals surface area contributed by atoms with Gasteiger partial charge in [0.2, 0.25) is 5.95 Å². The van der Waals surface area contributed by atoms with Gasteiger partial charge in [-0.2, -0.15) is 0 Å². The predicted molar refractivity (Wildman–Crippen MR) is 95.3 cm³/mol. The number of carboxylic acid groups (broad SMARTS) is 1. The van der Waals surface area contributed by atoms with Crippen LogP contribution in [-0.2, 0) is 4.79 Å². The highest BCUT2D eigenvalue weighted by Gasteiger charge is 2.24. The molecule has 1 fully saturated rings. The Morgan fingerprint density at radius 2 is 2.16 bits per heavy atom. The predicted octanol–water partition coefficient (Wildman–Crippen LogP) is 2.74. The number of aliphatic carboxylic acids is 1. The average molecular weight is 381 g/mol. The third kappa shape index (κ3) is 4.26. The second-order valence-electron chi connectivity index (χ2n) is 5.70. The molecule has 1 saturated heterocycles. The lowest BCUT2D eigenvalue weighted by Gasteiger charge is -2.18. The molecule has 2 N–H and O–H groups in total. The Bertz CT molecular complexity index is 763. The molecule has 0 aromatic carbocycles. The molecular weight excluding hydrogens is 364 g/mol. The van der Waals surface area contributed by atoms with Gasteiger partial charge < -0.3 is 15.3 Å². The summed E-state index contributed by atoms with van der Waals surface area (Å²) in [6.45, 7) is 1.69. The van der Waals surface area contributed by atoms with Crippen molar-refractivity contribution in [2.45, 2.75) is 25.3 Å². The van der Waals surface area contributed by atoms with E-state index in [1.807, 2.05) is 16.3 Å². The molecule has 1 amide bonds. The monoisotopic (exact) mass is 380 g/mol. The number of hydrogen-bond donors (Lipinski definition) is 2. The van der Waals surface area contributed by atoms with Gasteiger partial charge in [0, 0.05) is 18.0 Å². The maximum Gasteiger partial charge on any atom is 0.305 e. The number of anilines is 1. The van der Waals surface area contributed by atoms with E-state index in [2.05, 4.69) is 15.3 Å². The van der Waals surface area contributed by atoms with Crippen LogP contribution in [-0.4, -0.2) is 40.0 Å². The third-order valence-corrected chi connectivity index (χ3v) is 5.17. The van der Waals surface area contributed by atoms with Gasteiger partial charge in [-0.25, -0.2) is 9.97 Å². The number of hydrogen-bond acceptors (Lipinski definition) is 6. The highest BCUT2D eigenvalue weighted by Crippen LogP contribution is 2.24. The first-order chi connectivity index (χ1) is 12.0. The van der Waals surface area contributed by atoms with Gasteiger partial charge in [-0.05, 0) is 24.3 Å². The van der Waals surface area contributed by atoms with Crippen molar-refractivity contribution < 1.29 is 14.7 Å². The van der Waals surface area contributed by atoms with E-state index in [4.69, 9.17) is 16.7 Å². The van der Waals surface area contributed by atoms with Crippen molar-refractivity contribution in [2.24, 2.45) is 0 Å². The molecule has 0 aliphatic carbocycles. The van der Waals surface area contributed by atoms with Gasteiger partial charge in [0.25, 0.3) is 5.91 Å². The molecule has 0 bridgehead atoms. The van der Waals surface area contributed by atoms with Crippen molar-refractivity contribution in [3.05, 3.63) is 39.3 Å². The van der Waals surface area contributed by atoms with Gasteiger partial charge in [0.1, 0.15) is 0 Å². The smallest absolute Gasteiger partial charge is 0.305 e. The summed E-state index contributed by atoms with van der Waals surface area (Å²) in [5.41, 5.74) is 0.0607. The Kier molecular flexibility index (Phi) is 5.50. The standard InChI is InChI=1S/C16H17ClN4O3S/c17-10-9-18-16(21-5-1-2-6-21)20-14(10)15(24)19-11(8-13(22)23)12-4-3-7-25-12/h3-4,7,9,11H,1-2,5-6,8H2,(H,19,24)(H,22,23)/t11-/m1/s1. The molecule has 1 atom stereocenters. The summed E-state index contributed by atoms with van der Waals surface area (Å²) in [6.07, 6.45) is 3.32. The lowest BCUT2D eigenvalue weighted by molar-refractivity contribution is -0.137. The Hall–Kier alpha value is -2.19. The molecule has 3 rings (SSSR count). The molecule has 132 valence electrons. The number of carbonyl (C=O) groups is 2. The first-order valence-corrected chi connectivity index (χ1v) is 9.14. The average Bonchev–Trinajstić information content (AvgIpc) is 3.28. The van der Waals surface area contributed by atoms with Crippen LogP contribution in [0.5, 0.6) is 0 Å². The maximum atomic E-state index is 12.6. The molecule has 2 aromatic heterocycles. The molecule has 3 heterocycles. The minimum Gasteiger partial charge on any atom is -0.481 e. The van der Waals surface area contributed by atoms with Crippen LogP contribution < -0.4 is 10.2 Å². The van der Waals surface area contributed by atoms with Crippen molar-refractivity contribution in [1.82, 2.24) is 15.3 Å². The summed E-state index contributed by atoms with van der Waals surface area (Å²) in [5, 5.41) is 13.8. The molecule has 9 heteroatoms. The van der Waals surface area contributed by atoms with Crippen molar-refractivity contribution in [3.63, 3.8) is 0 Å². The number of amides is 1. The number of halogens is 1. The molecular formula is C16H17ClN4O3S. The van der Waals surface area contributed by atoms with Crippen LogP contribution in [0.25, 0.3) is 0 Å². The fraction of sp³-hybridized carbons (Fsp3) is 0.375. The largest absolute Gasteiger partial charge is 0.481 e. The molecule has 7 nitrogen and oxygen atoms in total. The van der Waals surface area contributed by atoms with E-state index in [1.54, 1.807) is 6.07 Å². The topological polar surface area (TPSA) is 95.4 Å². The van der Waals surface area contributed by atoms with Crippen LogP contribution in [0.3, 0.4) is 0 Å². The van der Waals surface area contributed by atoms with Crippen LogP contribution in [0.2, 0.25) is 5.02 Å². The highest BCUT2D eigenvalue weighted by atomic mass is 35.5. The minimum absolute atomic E-state index is 0.0607. The number of nitrogens with one attached hydrogen (secondary N) is 1. The first kappa shape index (κ1) is 17.6. The molecule has 25 heavy (non-hydrogen) atoms. The van der Waals surface area contributed by atoms with Crippen LogP contribution in [0, 0.1) is 0 Å². The fourth-order valence-corrected chi connectivity index (χ4v) is 3.65. The summed E-state index contributed by atoms with van der Waals surface area (Å²) in [4.78, 5) is 35.0. The Morgan fingerprint density at radius 1 is 1.40 bits per heavy atom. The summed E-state index contributed by atoms with van der Waals surface area (Å²) >= 11 is 7.48. The van der Waals surface area contributed by atoms with Gasteiger partial charge >= 0.3 is 5.97 Å². The van der Waals surface area contributed by atoms with Crippen molar-refractivity contribution in [2.75, 3.05) is 18.0 Å². The second kappa shape index (κ2) is 7.79. The van der Waals surface area contributed by atoms with Crippen molar-refractivity contribution >= 4 is 40.8 Å². The van der Waals surface area contributed by atoms with E-state index in [1.165, 1.54) is 17.5 Å². The lowest BCUT2D eigenvalue weighted by atomic mass is 10.1. The Morgan fingerprint density at radius 3 is 2.80 bits per heavy atom. The van der Waals surface area contributed by atoms with Crippen molar-refractivity contribution in [1.29, 1.82) is 0 Å². The zero-order valence-corrected chi connectivity index (χ0v) is 14.9. The minimum atomic E-state index is -0.995. The highest BCUT2D eigenvalue weighted by molar-refractivity contribution is 7.10. The van der Waals surface area contributed by atoms with Gasteiger partial charge in [-0.15, -0.1) is 11.3 Å². The number of aromatic nitrogens is 2. The van der Waals surface area contributed by atoms with Crippen LogP contribution in [0.4, 0.5) is 5.95 Å². The van der Waals surface area contributed by atoms with Gasteiger partial charge in [-0.3, -0.25) is 9.59 Å². The van der Waals surface area contributed by atoms with E-state index < -0.39 is 17.9 Å². The zero-order chi connectivity index (χ0) is 17.8. The number of thiophene rings is 1. The van der Waals surface area contributed by atoms with Crippen LogP contribution in [0.15, 0.2) is 23.7 Å². The summed E-state index contributed by atoms with van der Waals surface area (Å²) < 4.78 is 0. The molecule has 1 aliphatic rings. The molecule has 0 radical (unpaired) electrons. The summed E-state index contributed by atoms with van der Waals surface area (Å²) in [7, 11) is 0. The number of carbonyl (C=O) groups excluding carboxylic acids is 1. The van der Waals surface area contributed by atoms with E-state index in [9.17, 15) is 9.59 Å². The van der Waals surface area contributed by atoms with Crippen molar-refractivity contribution in [3.8, 4) is 0 Å². The maximum absolute atomic E-state index is 12.6. The van der Waals surface area contributed by atoms with Gasteiger partial charge in [0.05, 0.1) is 23.7 Å². The normalized spacial score (nSPS) is 15.2. The number of rotatable bonds is 6. The molecule has 0 unspecified atom stereocenters. The SMILES string of the molecule is O=C(O)C[C@@H](NC(=O)c1nc(N2CCCC2)ncc1Cl)c1cccs1. The van der Waals surface area contributed by atoms with Crippen LogP contribution >= 0.6 is 22.9 Å². The summed E-state index contributed by atoms with van der Waals surface area (Å²) in [5.74, 6) is -1.03. The Balaban J connectivity index is 1.81. The van der Waals surface area contributed by atoms with Gasteiger partial charge in [-0.1, -0.05) is 17.7 Å². The van der Waals surface area contributed by atoms with E-state index in [0.29, 0.717) is 5.95 Å². The molecule has 2 aromatic rings. The molecule has 0 spiro atoms. The second-order valence-corrected chi connectivity index (χ2v) is 7.09. The number of carboxylic acids is 1. The zero-order valence-electron chi connectivity index (χ0n) is 13.3. The lowest BCUT2D eigenvalue weighted by Crippen LogP contribution is -2.31. The quantitative estimate of drug-likeness (QED) is 0.800. The molecule has 1 aliphatic heterocycles. The number of nitrogens with zero attached hydrogens (tertiary/aromatic N) is 3. The first-order valence-electron chi connectivity index (χ1n) is 7.88. The van der Waals surface area contributed by atoms with E-state index >= 15 is 0 Å². The van der Waals surface area contributed by atoms with E-state index in [0.717, 1.165) is 30.8 Å². The Labute approximate surface area is 153 Å². The fourth-order valence-electron chi connectivity index (χ4n) is 2.70. The third-order valence-electron chi connectivity index (χ3n) is 3.91.